The van der Waals surface area contributed by atoms with E-state index in [0.717, 1.165) is 0 Å². The molecule has 1 heterocycles. The fourth-order valence-electron chi connectivity index (χ4n) is 1.61. The Morgan fingerprint density at radius 2 is 2.00 bits per heavy atom. The highest BCUT2D eigenvalue weighted by Gasteiger charge is 2.13. The summed E-state index contributed by atoms with van der Waals surface area (Å²) in [6, 6.07) is 6.61. The number of nitrogens with zero attached hydrogens (tertiary/aromatic N) is 4. The van der Waals surface area contributed by atoms with Crippen LogP contribution in [0.4, 0.5) is 0 Å². The van der Waals surface area contributed by atoms with Gasteiger partial charge in [-0.25, -0.2) is 4.79 Å². The molecule has 0 spiro atoms. The monoisotopic (exact) mass is 322 g/mol. The molecule has 9 heteroatoms. The second-order valence-electron chi connectivity index (χ2n) is 4.01. The standard InChI is InChI=1S/C13H14N4O4S/c1-3-21-11(18)8-22-13-14-15-16-17(13)10-6-4-9(5-7-10)12(19)20-2/h4-7H,3,8H2,1-2H3. The molecule has 1 aromatic heterocycles. The van der Waals surface area contributed by atoms with Crippen molar-refractivity contribution in [2.75, 3.05) is 19.5 Å². The van der Waals surface area contributed by atoms with Gasteiger partial charge in [0, 0.05) is 0 Å². The maximum atomic E-state index is 11.4. The fourth-order valence-corrected chi connectivity index (χ4v) is 2.30. The van der Waals surface area contributed by atoms with E-state index in [9.17, 15) is 9.59 Å². The minimum Gasteiger partial charge on any atom is -0.465 e. The molecule has 0 bridgehead atoms. The quantitative estimate of drug-likeness (QED) is 0.576. The summed E-state index contributed by atoms with van der Waals surface area (Å²) in [5.74, 6) is -0.627. The number of ether oxygens (including phenoxy) is 2. The van der Waals surface area contributed by atoms with Crippen LogP contribution in [0.1, 0.15) is 17.3 Å². The molecule has 2 rings (SSSR count). The molecule has 0 aliphatic carbocycles. The average Bonchev–Trinajstić information content (AvgIpc) is 3.01. The Morgan fingerprint density at radius 3 is 2.64 bits per heavy atom. The minimum absolute atomic E-state index is 0.120. The van der Waals surface area contributed by atoms with Gasteiger partial charge in [-0.3, -0.25) is 4.79 Å². The average molecular weight is 322 g/mol. The van der Waals surface area contributed by atoms with E-state index in [1.807, 2.05) is 0 Å². The van der Waals surface area contributed by atoms with E-state index in [1.165, 1.54) is 23.6 Å². The molecule has 22 heavy (non-hydrogen) atoms. The van der Waals surface area contributed by atoms with E-state index in [1.54, 1.807) is 31.2 Å². The number of carbonyl (C=O) groups is 2. The molecule has 0 amide bonds. The lowest BCUT2D eigenvalue weighted by Gasteiger charge is -2.05. The van der Waals surface area contributed by atoms with E-state index in [4.69, 9.17) is 4.74 Å². The van der Waals surface area contributed by atoms with Gasteiger partial charge in [-0.05, 0) is 41.6 Å². The van der Waals surface area contributed by atoms with E-state index in [2.05, 4.69) is 20.3 Å². The van der Waals surface area contributed by atoms with Crippen molar-refractivity contribution in [3.05, 3.63) is 29.8 Å². The molecule has 0 radical (unpaired) electrons. The van der Waals surface area contributed by atoms with Crippen molar-refractivity contribution in [1.82, 2.24) is 20.2 Å². The molecule has 0 atom stereocenters. The Labute approximate surface area is 130 Å². The molecular weight excluding hydrogens is 308 g/mol. The molecule has 0 saturated heterocycles. The van der Waals surface area contributed by atoms with Crippen LogP contribution in [0, 0.1) is 0 Å². The van der Waals surface area contributed by atoms with Gasteiger partial charge in [-0.15, -0.1) is 5.10 Å². The molecule has 0 N–H and O–H groups in total. The number of benzene rings is 1. The maximum absolute atomic E-state index is 11.4. The molecule has 116 valence electrons. The molecule has 0 aliphatic rings. The summed E-state index contributed by atoms with van der Waals surface area (Å²) >= 11 is 1.17. The third kappa shape index (κ3) is 3.82. The summed E-state index contributed by atoms with van der Waals surface area (Å²) in [4.78, 5) is 22.8. The topological polar surface area (TPSA) is 96.2 Å². The van der Waals surface area contributed by atoms with E-state index in [-0.39, 0.29) is 11.7 Å². The van der Waals surface area contributed by atoms with Crippen molar-refractivity contribution in [2.24, 2.45) is 0 Å². The van der Waals surface area contributed by atoms with E-state index >= 15 is 0 Å². The lowest BCUT2D eigenvalue weighted by Crippen LogP contribution is -2.08. The van der Waals surface area contributed by atoms with Gasteiger partial charge in [0.25, 0.3) is 0 Å². The third-order valence-electron chi connectivity index (χ3n) is 2.60. The van der Waals surface area contributed by atoms with Crippen molar-refractivity contribution in [1.29, 1.82) is 0 Å². The number of aromatic nitrogens is 4. The Bertz CT molecular complexity index is 656. The van der Waals surface area contributed by atoms with Gasteiger partial charge in [0.05, 0.1) is 30.7 Å². The van der Waals surface area contributed by atoms with Crippen LogP contribution in [0.15, 0.2) is 29.4 Å². The third-order valence-corrected chi connectivity index (χ3v) is 3.49. The first-order valence-corrected chi connectivity index (χ1v) is 7.39. The zero-order valence-electron chi connectivity index (χ0n) is 12.1. The lowest BCUT2D eigenvalue weighted by atomic mass is 10.2. The summed E-state index contributed by atoms with van der Waals surface area (Å²) in [7, 11) is 1.32. The highest BCUT2D eigenvalue weighted by Crippen LogP contribution is 2.18. The van der Waals surface area contributed by atoms with Gasteiger partial charge in [-0.2, -0.15) is 4.68 Å². The van der Waals surface area contributed by atoms with Gasteiger partial charge in [0.2, 0.25) is 5.16 Å². The Morgan fingerprint density at radius 1 is 1.27 bits per heavy atom. The lowest BCUT2D eigenvalue weighted by molar-refractivity contribution is -0.139. The molecule has 0 saturated carbocycles. The predicted octanol–water partition coefficient (Wildman–Crippen LogP) is 1.10. The summed E-state index contributed by atoms with van der Waals surface area (Å²) in [5, 5.41) is 11.8. The first-order valence-electron chi connectivity index (χ1n) is 6.41. The van der Waals surface area contributed by atoms with Crippen LogP contribution >= 0.6 is 11.8 Å². The summed E-state index contributed by atoms with van der Waals surface area (Å²) in [6.07, 6.45) is 0. The number of hydrogen-bond acceptors (Lipinski definition) is 8. The minimum atomic E-state index is -0.417. The Kier molecular flexibility index (Phi) is 5.48. The van der Waals surface area contributed by atoms with Crippen LogP contribution in [0.25, 0.3) is 5.69 Å². The van der Waals surface area contributed by atoms with Crippen LogP contribution in [-0.2, 0) is 14.3 Å². The highest BCUT2D eigenvalue weighted by atomic mass is 32.2. The van der Waals surface area contributed by atoms with Crippen molar-refractivity contribution in [2.45, 2.75) is 12.1 Å². The molecule has 8 nitrogen and oxygen atoms in total. The van der Waals surface area contributed by atoms with Crippen molar-refractivity contribution < 1.29 is 19.1 Å². The van der Waals surface area contributed by atoms with Crippen molar-refractivity contribution in [3.8, 4) is 5.69 Å². The van der Waals surface area contributed by atoms with Gasteiger partial charge < -0.3 is 9.47 Å². The van der Waals surface area contributed by atoms with Crippen molar-refractivity contribution in [3.63, 3.8) is 0 Å². The summed E-state index contributed by atoms with van der Waals surface area (Å²) < 4.78 is 11.0. The van der Waals surface area contributed by atoms with E-state index < -0.39 is 5.97 Å². The van der Waals surface area contributed by atoms with Crippen LogP contribution in [-0.4, -0.2) is 51.6 Å². The zero-order valence-corrected chi connectivity index (χ0v) is 12.9. The van der Waals surface area contributed by atoms with Gasteiger partial charge in [0.15, 0.2) is 0 Å². The zero-order chi connectivity index (χ0) is 15.9. The molecular formula is C13H14N4O4S. The second-order valence-corrected chi connectivity index (χ2v) is 4.95. The molecule has 1 aromatic carbocycles. The summed E-state index contributed by atoms with van der Waals surface area (Å²) in [5.41, 5.74) is 1.10. The second kappa shape index (κ2) is 7.55. The van der Waals surface area contributed by atoms with Gasteiger partial charge in [0.1, 0.15) is 0 Å². The first-order chi connectivity index (χ1) is 10.7. The van der Waals surface area contributed by atoms with E-state index in [0.29, 0.717) is 23.0 Å². The summed E-state index contributed by atoms with van der Waals surface area (Å²) in [6.45, 7) is 2.08. The number of rotatable bonds is 6. The number of thioether (sulfide) groups is 1. The number of carbonyl (C=O) groups excluding carboxylic acids is 2. The number of hydrogen-bond donors (Lipinski definition) is 0. The molecule has 0 fully saturated rings. The van der Waals surface area contributed by atoms with Crippen LogP contribution in [0.2, 0.25) is 0 Å². The Hall–Kier alpha value is -2.42. The van der Waals surface area contributed by atoms with Gasteiger partial charge in [-0.1, -0.05) is 11.8 Å². The molecule has 0 unspecified atom stereocenters. The fraction of sp³-hybridized carbons (Fsp3) is 0.308. The number of tetrazole rings is 1. The Balaban J connectivity index is 2.11. The normalized spacial score (nSPS) is 10.3. The van der Waals surface area contributed by atoms with Crippen LogP contribution in [0.3, 0.4) is 0 Å². The predicted molar refractivity (Wildman–Crippen MR) is 77.9 cm³/mol. The van der Waals surface area contributed by atoms with Crippen LogP contribution < -0.4 is 0 Å². The van der Waals surface area contributed by atoms with Crippen molar-refractivity contribution >= 4 is 23.7 Å². The molecule has 2 aromatic rings. The van der Waals surface area contributed by atoms with Crippen LogP contribution in [0.5, 0.6) is 0 Å². The SMILES string of the molecule is CCOC(=O)CSc1nnnn1-c1ccc(C(=O)OC)cc1. The number of esters is 2. The maximum Gasteiger partial charge on any atom is 0.337 e. The first kappa shape index (κ1) is 16.0. The largest absolute Gasteiger partial charge is 0.465 e. The smallest absolute Gasteiger partial charge is 0.337 e. The highest BCUT2D eigenvalue weighted by molar-refractivity contribution is 7.99. The molecule has 0 aliphatic heterocycles. The number of methoxy groups -OCH3 is 1. The van der Waals surface area contributed by atoms with Gasteiger partial charge >= 0.3 is 11.9 Å².